The lowest BCUT2D eigenvalue weighted by Crippen LogP contribution is -2.40. The summed E-state index contributed by atoms with van der Waals surface area (Å²) in [5.41, 5.74) is 2.51. The first-order valence-corrected chi connectivity index (χ1v) is 9.88. The van der Waals surface area contributed by atoms with Crippen LogP contribution in [0.3, 0.4) is 0 Å². The van der Waals surface area contributed by atoms with Crippen molar-refractivity contribution in [2.24, 2.45) is 0 Å². The van der Waals surface area contributed by atoms with E-state index in [9.17, 15) is 22.4 Å². The first-order chi connectivity index (χ1) is 13.1. The lowest BCUT2D eigenvalue weighted by Gasteiger charge is -2.14. The maximum Gasteiger partial charge on any atom is 0.324 e. The maximum atomic E-state index is 12.9. The highest BCUT2D eigenvalue weighted by Crippen LogP contribution is 2.14. The zero-order valence-corrected chi connectivity index (χ0v) is 16.5. The third-order valence-electron chi connectivity index (χ3n) is 3.66. The minimum absolute atomic E-state index is 0.193. The van der Waals surface area contributed by atoms with Crippen molar-refractivity contribution in [3.8, 4) is 0 Å². The highest BCUT2D eigenvalue weighted by molar-refractivity contribution is 7.89. The van der Waals surface area contributed by atoms with Crippen LogP contribution < -0.4 is 10.0 Å². The standard InChI is InChI=1S/C19H21FN2O5S/c1-12-8-13(2)10-16(9-12)21-18(23)11-27-19(24)14(3)22-28(25,26)17-6-4-15(20)5-7-17/h4-10,14,22H,11H2,1-3H3,(H,21,23)/t14-/m0/s1. The van der Waals surface area contributed by atoms with Gasteiger partial charge in [0.25, 0.3) is 5.91 Å². The number of esters is 1. The predicted octanol–water partition coefficient (Wildman–Crippen LogP) is 2.29. The van der Waals surface area contributed by atoms with E-state index in [-0.39, 0.29) is 4.90 Å². The number of sulfonamides is 1. The van der Waals surface area contributed by atoms with E-state index in [1.165, 1.54) is 6.92 Å². The molecule has 0 heterocycles. The smallest absolute Gasteiger partial charge is 0.324 e. The first-order valence-electron chi connectivity index (χ1n) is 8.39. The van der Waals surface area contributed by atoms with Gasteiger partial charge in [-0.2, -0.15) is 4.72 Å². The van der Waals surface area contributed by atoms with Crippen molar-refractivity contribution in [1.29, 1.82) is 0 Å². The van der Waals surface area contributed by atoms with Gasteiger partial charge in [0.05, 0.1) is 4.90 Å². The zero-order chi connectivity index (χ0) is 20.9. The van der Waals surface area contributed by atoms with E-state index in [0.29, 0.717) is 5.69 Å². The molecule has 150 valence electrons. The van der Waals surface area contributed by atoms with Crippen molar-refractivity contribution >= 4 is 27.6 Å². The van der Waals surface area contributed by atoms with Gasteiger partial charge in [-0.05, 0) is 68.3 Å². The number of amides is 1. The van der Waals surface area contributed by atoms with Crippen molar-refractivity contribution in [2.45, 2.75) is 31.7 Å². The number of hydrogen-bond donors (Lipinski definition) is 2. The monoisotopic (exact) mass is 408 g/mol. The molecule has 0 bridgehead atoms. The normalized spacial score (nSPS) is 12.3. The zero-order valence-electron chi connectivity index (χ0n) is 15.7. The number of carbonyl (C=O) groups excluding carboxylic acids is 2. The van der Waals surface area contributed by atoms with Crippen molar-refractivity contribution in [3.05, 3.63) is 59.4 Å². The second kappa shape index (κ2) is 8.94. The SMILES string of the molecule is Cc1cc(C)cc(NC(=O)COC(=O)[C@H](C)NS(=O)(=O)c2ccc(F)cc2)c1. The fourth-order valence-corrected chi connectivity index (χ4v) is 3.66. The number of anilines is 1. The molecule has 0 radical (unpaired) electrons. The molecule has 2 N–H and O–H groups in total. The van der Waals surface area contributed by atoms with Gasteiger partial charge in [0.1, 0.15) is 11.9 Å². The molecule has 0 aliphatic carbocycles. The summed E-state index contributed by atoms with van der Waals surface area (Å²) in [6.45, 7) is 4.49. The van der Waals surface area contributed by atoms with Crippen molar-refractivity contribution < 1.29 is 27.1 Å². The molecule has 7 nitrogen and oxygen atoms in total. The van der Waals surface area contributed by atoms with E-state index < -0.39 is 40.4 Å². The Kier molecular flexibility index (Phi) is 6.87. The van der Waals surface area contributed by atoms with Gasteiger partial charge in [0.2, 0.25) is 10.0 Å². The van der Waals surface area contributed by atoms with E-state index in [4.69, 9.17) is 4.74 Å². The Morgan fingerprint density at radius 3 is 2.21 bits per heavy atom. The Balaban J connectivity index is 1.89. The molecule has 0 unspecified atom stereocenters. The number of halogens is 1. The molecular formula is C19H21FN2O5S. The molecular weight excluding hydrogens is 387 g/mol. The van der Waals surface area contributed by atoms with E-state index in [1.807, 2.05) is 19.9 Å². The van der Waals surface area contributed by atoms with Crippen LogP contribution in [0.25, 0.3) is 0 Å². The van der Waals surface area contributed by atoms with Crippen molar-refractivity contribution in [2.75, 3.05) is 11.9 Å². The summed E-state index contributed by atoms with van der Waals surface area (Å²) in [5.74, 6) is -2.05. The third-order valence-corrected chi connectivity index (χ3v) is 5.22. The number of carbonyl (C=O) groups is 2. The van der Waals surface area contributed by atoms with E-state index in [0.717, 1.165) is 35.4 Å². The molecule has 0 saturated carbocycles. The molecule has 2 rings (SSSR count). The minimum Gasteiger partial charge on any atom is -0.454 e. The Labute approximate surface area is 163 Å². The second-order valence-corrected chi connectivity index (χ2v) is 8.04. The maximum absolute atomic E-state index is 12.9. The number of benzene rings is 2. The van der Waals surface area contributed by atoms with Gasteiger partial charge in [-0.15, -0.1) is 0 Å². The summed E-state index contributed by atoms with van der Waals surface area (Å²) in [6.07, 6.45) is 0. The van der Waals surface area contributed by atoms with Gasteiger partial charge in [0.15, 0.2) is 6.61 Å². The van der Waals surface area contributed by atoms with Gasteiger partial charge in [0, 0.05) is 5.69 Å². The van der Waals surface area contributed by atoms with Gasteiger partial charge in [-0.1, -0.05) is 6.07 Å². The second-order valence-electron chi connectivity index (χ2n) is 6.33. The van der Waals surface area contributed by atoms with Gasteiger partial charge >= 0.3 is 5.97 Å². The number of rotatable bonds is 7. The van der Waals surface area contributed by atoms with Crippen LogP contribution in [0.4, 0.5) is 10.1 Å². The summed E-state index contributed by atoms with van der Waals surface area (Å²) in [6, 6.07) is 8.40. The van der Waals surface area contributed by atoms with Crippen molar-refractivity contribution in [3.63, 3.8) is 0 Å². The number of ether oxygens (including phenoxy) is 1. The summed E-state index contributed by atoms with van der Waals surface area (Å²) >= 11 is 0. The van der Waals surface area contributed by atoms with Crippen LogP contribution in [0.1, 0.15) is 18.1 Å². The minimum atomic E-state index is -4.04. The Morgan fingerprint density at radius 2 is 1.64 bits per heavy atom. The highest BCUT2D eigenvalue weighted by Gasteiger charge is 2.23. The van der Waals surface area contributed by atoms with E-state index in [1.54, 1.807) is 12.1 Å². The van der Waals surface area contributed by atoms with Crippen LogP contribution in [0.2, 0.25) is 0 Å². The molecule has 1 atom stereocenters. The summed E-state index contributed by atoms with van der Waals surface area (Å²) in [5, 5.41) is 2.61. The van der Waals surface area contributed by atoms with Crippen molar-refractivity contribution in [1.82, 2.24) is 4.72 Å². The molecule has 2 aromatic rings. The molecule has 1 amide bonds. The van der Waals surface area contributed by atoms with Gasteiger partial charge < -0.3 is 10.1 Å². The van der Waals surface area contributed by atoms with Crippen LogP contribution in [-0.4, -0.2) is 32.9 Å². The molecule has 0 aliphatic rings. The molecule has 0 fully saturated rings. The van der Waals surface area contributed by atoms with Gasteiger partial charge in [-0.25, -0.2) is 12.8 Å². The fourth-order valence-electron chi connectivity index (χ4n) is 2.47. The van der Waals surface area contributed by atoms with Crippen LogP contribution in [0.15, 0.2) is 47.4 Å². The molecule has 0 spiro atoms. The molecule has 28 heavy (non-hydrogen) atoms. The van der Waals surface area contributed by atoms with Crippen LogP contribution in [0.5, 0.6) is 0 Å². The number of nitrogens with one attached hydrogen (secondary N) is 2. The third kappa shape index (κ3) is 6.14. The average molecular weight is 408 g/mol. The molecule has 0 aromatic heterocycles. The Bertz CT molecular complexity index is 954. The molecule has 9 heteroatoms. The largest absolute Gasteiger partial charge is 0.454 e. The van der Waals surface area contributed by atoms with Gasteiger partial charge in [-0.3, -0.25) is 9.59 Å². The predicted molar refractivity (Wildman–Crippen MR) is 102 cm³/mol. The average Bonchev–Trinajstić information content (AvgIpc) is 2.58. The van der Waals surface area contributed by atoms with E-state index >= 15 is 0 Å². The summed E-state index contributed by atoms with van der Waals surface area (Å²) < 4.78 is 44.3. The highest BCUT2D eigenvalue weighted by atomic mass is 32.2. The van der Waals surface area contributed by atoms with Crippen LogP contribution in [-0.2, 0) is 24.3 Å². The number of hydrogen-bond acceptors (Lipinski definition) is 5. The van der Waals surface area contributed by atoms with Crippen LogP contribution >= 0.6 is 0 Å². The fraction of sp³-hybridized carbons (Fsp3) is 0.263. The Morgan fingerprint density at radius 1 is 1.07 bits per heavy atom. The summed E-state index contributed by atoms with van der Waals surface area (Å²) in [7, 11) is -4.04. The number of aryl methyl sites for hydroxylation is 2. The lowest BCUT2D eigenvalue weighted by atomic mass is 10.1. The first kappa shape index (κ1) is 21.5. The molecule has 0 aliphatic heterocycles. The topological polar surface area (TPSA) is 102 Å². The summed E-state index contributed by atoms with van der Waals surface area (Å²) in [4.78, 5) is 23.7. The lowest BCUT2D eigenvalue weighted by molar-refractivity contribution is -0.148. The molecule has 0 saturated heterocycles. The quantitative estimate of drug-likeness (QED) is 0.685. The van der Waals surface area contributed by atoms with Crippen LogP contribution in [0, 0.1) is 19.7 Å². The Hall–Kier alpha value is -2.78. The van der Waals surface area contributed by atoms with E-state index in [2.05, 4.69) is 10.0 Å². The molecule has 2 aromatic carbocycles.